The third kappa shape index (κ3) is 10.9. The number of halogens is 1. The highest BCUT2D eigenvalue weighted by molar-refractivity contribution is 7.92. The Balaban J connectivity index is 0.895. The van der Waals surface area contributed by atoms with Crippen LogP contribution in [0.4, 0.5) is 11.6 Å². The summed E-state index contributed by atoms with van der Waals surface area (Å²) in [6.07, 6.45) is 9.23. The number of Topliss-reactive ketones (excluding diaryl/α,β-unsaturated/α-hetero) is 2. The maximum atomic E-state index is 13.6. The summed E-state index contributed by atoms with van der Waals surface area (Å²) >= 11 is 6.80. The van der Waals surface area contributed by atoms with E-state index in [1.807, 2.05) is 56.3 Å². The van der Waals surface area contributed by atoms with Crippen LogP contribution in [0.5, 0.6) is 11.5 Å². The largest absolute Gasteiger partial charge is 0.491 e. The number of sulfonamides is 1. The van der Waals surface area contributed by atoms with Gasteiger partial charge in [-0.3, -0.25) is 28.8 Å². The fourth-order valence-electron chi connectivity index (χ4n) is 8.60. The Bertz CT molecular complexity index is 2550. The minimum absolute atomic E-state index is 0.0303. The third-order valence-electron chi connectivity index (χ3n) is 12.3. The second kappa shape index (κ2) is 19.3. The molecule has 7 rings (SSSR count). The van der Waals surface area contributed by atoms with Gasteiger partial charge in [0, 0.05) is 42.6 Å². The van der Waals surface area contributed by atoms with E-state index in [-0.39, 0.29) is 60.6 Å². The van der Waals surface area contributed by atoms with E-state index in [4.69, 9.17) is 21.1 Å². The van der Waals surface area contributed by atoms with Gasteiger partial charge in [0.2, 0.25) is 16.0 Å². The first-order chi connectivity index (χ1) is 30.1. The lowest BCUT2D eigenvalue weighted by Crippen LogP contribution is -2.45. The van der Waals surface area contributed by atoms with E-state index in [9.17, 15) is 32.9 Å². The molecule has 14 nitrogen and oxygen atoms in total. The Kier molecular flexibility index (Phi) is 13.8. The summed E-state index contributed by atoms with van der Waals surface area (Å²) in [6, 6.07) is 19.6. The van der Waals surface area contributed by atoms with Gasteiger partial charge in [0.05, 0.1) is 46.3 Å². The topological polar surface area (TPSA) is 198 Å². The van der Waals surface area contributed by atoms with Crippen LogP contribution in [0.1, 0.15) is 128 Å². The molecular formula is C47H51ClN6O8S. The van der Waals surface area contributed by atoms with Gasteiger partial charge in [0.25, 0.3) is 11.8 Å². The van der Waals surface area contributed by atoms with Crippen molar-refractivity contribution in [3.8, 4) is 17.6 Å². The van der Waals surface area contributed by atoms with E-state index >= 15 is 0 Å². The van der Waals surface area contributed by atoms with Gasteiger partial charge in [-0.1, -0.05) is 37.6 Å². The smallest absolute Gasteiger partial charge is 0.262 e. The number of ketones is 2. The van der Waals surface area contributed by atoms with Crippen molar-refractivity contribution in [2.24, 2.45) is 5.92 Å². The van der Waals surface area contributed by atoms with Crippen molar-refractivity contribution in [3.05, 3.63) is 105 Å². The van der Waals surface area contributed by atoms with Crippen molar-refractivity contribution in [2.75, 3.05) is 22.9 Å². The standard InChI is InChI=1S/C47H51ClN6O8S/c1-47(2,31-10-16-37(17-11-31)62-28-35-20-22-50-46(52-35)53-63(3,59)60)32-24-30(27-49)43(40(48)25-32)61-23-21-29-8-12-33(13-9-29)51-34-14-18-38-39(26-34)45(58)54(44(38)57)41-19-15-36(55)6-4-5-7-42(41)56/h10-11,14,16-18,20,22,24-26,29,33,41,51H,4-9,12-13,15,19,21,23,28H2,1-3H3,(H,50,52,53). The molecule has 4 aromatic rings. The van der Waals surface area contributed by atoms with Crippen LogP contribution in [0, 0.1) is 17.2 Å². The Morgan fingerprint density at radius 2 is 1.60 bits per heavy atom. The Morgan fingerprint density at radius 3 is 2.33 bits per heavy atom. The van der Waals surface area contributed by atoms with Gasteiger partial charge in [-0.25, -0.2) is 18.4 Å². The van der Waals surface area contributed by atoms with Crippen LogP contribution in [-0.4, -0.2) is 71.6 Å². The molecular weight excluding hydrogens is 844 g/mol. The molecule has 1 atom stereocenters. The van der Waals surface area contributed by atoms with Gasteiger partial charge in [0.15, 0.2) is 11.5 Å². The molecule has 63 heavy (non-hydrogen) atoms. The monoisotopic (exact) mass is 894 g/mol. The lowest BCUT2D eigenvalue weighted by Gasteiger charge is -2.30. The zero-order valence-electron chi connectivity index (χ0n) is 35.6. The zero-order chi connectivity index (χ0) is 44.9. The van der Waals surface area contributed by atoms with Crippen molar-refractivity contribution in [2.45, 2.75) is 109 Å². The van der Waals surface area contributed by atoms with Crippen molar-refractivity contribution >= 4 is 56.6 Å². The predicted molar refractivity (Wildman–Crippen MR) is 237 cm³/mol. The highest BCUT2D eigenvalue weighted by Crippen LogP contribution is 2.39. The Morgan fingerprint density at radius 1 is 0.873 bits per heavy atom. The summed E-state index contributed by atoms with van der Waals surface area (Å²) in [5, 5.41) is 14.1. The van der Waals surface area contributed by atoms with Gasteiger partial charge in [-0.05, 0) is 117 Å². The van der Waals surface area contributed by atoms with Crippen molar-refractivity contribution in [1.82, 2.24) is 14.9 Å². The Hall–Kier alpha value is -5.85. The molecule has 0 radical (unpaired) electrons. The summed E-state index contributed by atoms with van der Waals surface area (Å²) in [7, 11) is -3.51. The number of hydrogen-bond donors (Lipinski definition) is 2. The lowest BCUT2D eigenvalue weighted by atomic mass is 9.77. The van der Waals surface area contributed by atoms with Crippen LogP contribution in [0.2, 0.25) is 5.02 Å². The minimum atomic E-state index is -3.51. The van der Waals surface area contributed by atoms with Gasteiger partial charge in [-0.15, -0.1) is 0 Å². The molecule has 1 unspecified atom stereocenters. The molecule has 2 aliphatic carbocycles. The average Bonchev–Trinajstić information content (AvgIpc) is 3.53. The molecule has 16 heteroatoms. The fraction of sp³-hybridized carbons (Fsp3) is 0.426. The number of nitrogens with one attached hydrogen (secondary N) is 2. The maximum Gasteiger partial charge on any atom is 0.262 e. The SMILES string of the molecule is CC(C)(c1ccc(OCc2ccnc(NS(C)(=O)=O)n2)cc1)c1cc(Cl)c(OCCC2CCC(Nc3ccc4c(c3)C(=O)N(C3CCC(=O)CCCCC3=O)C4=O)CC2)c(C#N)c1. The van der Waals surface area contributed by atoms with E-state index in [2.05, 4.69) is 26.1 Å². The van der Waals surface area contributed by atoms with E-state index in [0.29, 0.717) is 59.6 Å². The molecule has 2 saturated carbocycles. The molecule has 0 spiro atoms. The number of amides is 2. The number of benzene rings is 3. The van der Waals surface area contributed by atoms with Gasteiger partial charge in [-0.2, -0.15) is 5.26 Å². The molecule has 3 aliphatic rings. The number of ether oxygens (including phenoxy) is 2. The lowest BCUT2D eigenvalue weighted by molar-refractivity contribution is -0.123. The van der Waals surface area contributed by atoms with Crippen LogP contribution in [0.3, 0.4) is 0 Å². The summed E-state index contributed by atoms with van der Waals surface area (Å²) in [5.74, 6) is 0.270. The number of anilines is 2. The predicted octanol–water partition coefficient (Wildman–Crippen LogP) is 8.17. The second-order valence-corrected chi connectivity index (χ2v) is 19.3. The number of carbonyl (C=O) groups excluding carboxylic acids is 4. The Labute approximate surface area is 372 Å². The second-order valence-electron chi connectivity index (χ2n) is 17.1. The maximum absolute atomic E-state index is 13.6. The first-order valence-electron chi connectivity index (χ1n) is 21.3. The van der Waals surface area contributed by atoms with Crippen molar-refractivity contribution in [1.29, 1.82) is 5.26 Å². The minimum Gasteiger partial charge on any atom is -0.491 e. The van der Waals surface area contributed by atoms with Crippen LogP contribution < -0.4 is 19.5 Å². The third-order valence-corrected chi connectivity index (χ3v) is 13.1. The first-order valence-corrected chi connectivity index (χ1v) is 23.6. The number of imide groups is 1. The molecule has 3 aromatic carbocycles. The van der Waals surface area contributed by atoms with E-state index in [1.54, 1.807) is 18.2 Å². The summed E-state index contributed by atoms with van der Waals surface area (Å²) < 4.78 is 37.4. The fourth-order valence-corrected chi connectivity index (χ4v) is 9.31. The van der Waals surface area contributed by atoms with Crippen molar-refractivity contribution < 1.29 is 37.1 Å². The molecule has 1 aliphatic heterocycles. The van der Waals surface area contributed by atoms with E-state index in [1.165, 1.54) is 6.20 Å². The average molecular weight is 895 g/mol. The normalized spacial score (nSPS) is 19.7. The molecule has 2 N–H and O–H groups in total. The molecule has 1 aromatic heterocycles. The number of fused-ring (bicyclic) bond motifs is 1. The molecule has 2 heterocycles. The number of hydrogen-bond acceptors (Lipinski definition) is 12. The van der Waals surface area contributed by atoms with Crippen LogP contribution >= 0.6 is 11.6 Å². The van der Waals surface area contributed by atoms with Gasteiger partial charge < -0.3 is 14.8 Å². The van der Waals surface area contributed by atoms with Crippen LogP contribution in [0.15, 0.2) is 66.9 Å². The van der Waals surface area contributed by atoms with E-state index in [0.717, 1.165) is 60.1 Å². The highest BCUT2D eigenvalue weighted by Gasteiger charge is 2.43. The number of nitriles is 1. The molecule has 2 fully saturated rings. The number of rotatable bonds is 14. The van der Waals surface area contributed by atoms with Crippen LogP contribution in [0.25, 0.3) is 0 Å². The van der Waals surface area contributed by atoms with E-state index < -0.39 is 33.3 Å². The molecule has 330 valence electrons. The molecule has 2 amide bonds. The quantitative estimate of drug-likeness (QED) is 0.115. The van der Waals surface area contributed by atoms with Crippen LogP contribution in [-0.2, 0) is 31.6 Å². The summed E-state index contributed by atoms with van der Waals surface area (Å²) in [6.45, 7) is 4.60. The summed E-state index contributed by atoms with van der Waals surface area (Å²) in [5.41, 5.74) is 3.45. The number of nitrogens with zero attached hydrogens (tertiary/aromatic N) is 4. The molecule has 0 saturated heterocycles. The van der Waals surface area contributed by atoms with Gasteiger partial charge in [0.1, 0.15) is 24.2 Å². The number of carbonyl (C=O) groups is 4. The molecule has 0 bridgehead atoms. The highest BCUT2D eigenvalue weighted by atomic mass is 35.5. The zero-order valence-corrected chi connectivity index (χ0v) is 37.2. The van der Waals surface area contributed by atoms with Crippen molar-refractivity contribution in [3.63, 3.8) is 0 Å². The number of aromatic nitrogens is 2. The first kappa shape index (κ1) is 45.2. The van der Waals surface area contributed by atoms with Gasteiger partial charge >= 0.3 is 0 Å². The summed E-state index contributed by atoms with van der Waals surface area (Å²) in [4.78, 5) is 61.4.